The van der Waals surface area contributed by atoms with Crippen molar-refractivity contribution in [3.63, 3.8) is 0 Å². The Balaban J connectivity index is 1.15. The van der Waals surface area contributed by atoms with Crippen LogP contribution < -0.4 is 0 Å². The minimum Gasteiger partial charge on any atom is -0.264 e. The van der Waals surface area contributed by atoms with Crippen molar-refractivity contribution in [3.8, 4) is 67.3 Å². The summed E-state index contributed by atoms with van der Waals surface area (Å²) < 4.78 is 0. The molecule has 0 radical (unpaired) electrons. The van der Waals surface area contributed by atoms with Crippen molar-refractivity contribution in [1.29, 1.82) is 0 Å². The summed E-state index contributed by atoms with van der Waals surface area (Å²) in [6.45, 7) is 0. The summed E-state index contributed by atoms with van der Waals surface area (Å²) >= 11 is 0. The molecule has 10 rings (SSSR count). The van der Waals surface area contributed by atoms with Crippen LogP contribution in [0.2, 0.25) is 0 Å². The van der Waals surface area contributed by atoms with Gasteiger partial charge in [0.25, 0.3) is 0 Å². The summed E-state index contributed by atoms with van der Waals surface area (Å²) in [7, 11) is 0. The van der Waals surface area contributed by atoms with E-state index >= 15 is 0 Å². The molecule has 0 bridgehead atoms. The molecule has 0 amide bonds. The fourth-order valence-electron chi connectivity index (χ4n) is 7.83. The maximum atomic E-state index is 5.22. The number of pyridine rings is 1. The Labute approximate surface area is 313 Å². The predicted octanol–water partition coefficient (Wildman–Crippen LogP) is 13.3. The maximum absolute atomic E-state index is 5.22. The van der Waals surface area contributed by atoms with Crippen LogP contribution in [0.3, 0.4) is 0 Å². The zero-order valence-electron chi connectivity index (χ0n) is 29.4. The highest BCUT2D eigenvalue weighted by Crippen LogP contribution is 2.45. The van der Waals surface area contributed by atoms with Gasteiger partial charge in [0.05, 0.1) is 11.4 Å². The molecule has 2 aromatic heterocycles. The topological polar surface area (TPSA) is 38.7 Å². The Kier molecular flexibility index (Phi) is 7.81. The Bertz CT molecular complexity index is 2910. The molecule has 0 aliphatic heterocycles. The van der Waals surface area contributed by atoms with Crippen molar-refractivity contribution >= 4 is 32.3 Å². The van der Waals surface area contributed by atoms with Crippen LogP contribution in [0.4, 0.5) is 0 Å². The fourth-order valence-corrected chi connectivity index (χ4v) is 7.83. The number of aromatic nitrogens is 3. The molecule has 54 heavy (non-hydrogen) atoms. The van der Waals surface area contributed by atoms with Gasteiger partial charge in [-0.1, -0.05) is 170 Å². The summed E-state index contributed by atoms with van der Waals surface area (Å²) in [6.07, 6.45) is 3.69. The van der Waals surface area contributed by atoms with E-state index in [1.807, 2.05) is 18.3 Å². The van der Waals surface area contributed by atoms with Crippen LogP contribution in [-0.2, 0) is 0 Å². The van der Waals surface area contributed by atoms with Gasteiger partial charge in [-0.15, -0.1) is 0 Å². The van der Waals surface area contributed by atoms with E-state index in [1.54, 1.807) is 6.20 Å². The molecule has 8 aromatic carbocycles. The largest absolute Gasteiger partial charge is 0.264 e. The first-order valence-corrected chi connectivity index (χ1v) is 18.3. The van der Waals surface area contributed by atoms with Crippen molar-refractivity contribution in [3.05, 3.63) is 200 Å². The normalized spacial score (nSPS) is 11.3. The predicted molar refractivity (Wildman–Crippen MR) is 225 cm³/mol. The highest BCUT2D eigenvalue weighted by Gasteiger charge is 2.19. The van der Waals surface area contributed by atoms with E-state index in [4.69, 9.17) is 9.97 Å². The van der Waals surface area contributed by atoms with E-state index in [0.717, 1.165) is 44.8 Å². The molecular weight excluding hydrogens is 655 g/mol. The first kappa shape index (κ1) is 31.5. The maximum Gasteiger partial charge on any atom is 0.160 e. The number of rotatable bonds is 6. The number of fused-ring (bicyclic) bond motifs is 3. The third-order valence-corrected chi connectivity index (χ3v) is 10.4. The van der Waals surface area contributed by atoms with Crippen LogP contribution in [0, 0.1) is 0 Å². The van der Waals surface area contributed by atoms with Crippen molar-refractivity contribution in [2.75, 3.05) is 0 Å². The Hall–Kier alpha value is -7.23. The second-order valence-electron chi connectivity index (χ2n) is 13.6. The lowest BCUT2D eigenvalue weighted by Gasteiger charge is -2.19. The summed E-state index contributed by atoms with van der Waals surface area (Å²) in [5.41, 5.74) is 11.8. The molecule has 2 heterocycles. The molecule has 10 aromatic rings. The zero-order chi connectivity index (χ0) is 35.8. The first-order chi connectivity index (χ1) is 26.8. The summed E-state index contributed by atoms with van der Waals surface area (Å²) in [4.78, 5) is 14.7. The quantitative estimate of drug-likeness (QED) is 0.163. The smallest absolute Gasteiger partial charge is 0.160 e. The van der Waals surface area contributed by atoms with Gasteiger partial charge in [0.2, 0.25) is 0 Å². The van der Waals surface area contributed by atoms with E-state index in [2.05, 4.69) is 181 Å². The Morgan fingerprint density at radius 2 is 0.833 bits per heavy atom. The van der Waals surface area contributed by atoms with E-state index < -0.39 is 0 Å². The van der Waals surface area contributed by atoms with Crippen molar-refractivity contribution in [2.45, 2.75) is 0 Å². The van der Waals surface area contributed by atoms with Gasteiger partial charge in [-0.3, -0.25) is 4.98 Å². The molecule has 0 saturated heterocycles. The standard InChI is InChI=1S/C51H33N3/c1-2-14-36(15-3-1)47-32-48(37-28-26-34(27-29-37)40-19-12-30-52-33-40)54-51(53-47)39-18-10-17-38(31-39)49-43-21-6-8-23-45(43)50(46-24-9-7-22-44(46)49)42-25-11-16-35-13-4-5-20-41(35)42/h1-33H. The third-order valence-electron chi connectivity index (χ3n) is 10.4. The molecule has 0 aliphatic carbocycles. The lowest BCUT2D eigenvalue weighted by molar-refractivity contribution is 1.18. The van der Waals surface area contributed by atoms with Crippen LogP contribution in [0.25, 0.3) is 99.6 Å². The molecule has 0 atom stereocenters. The van der Waals surface area contributed by atoms with Crippen molar-refractivity contribution < 1.29 is 0 Å². The average molecular weight is 688 g/mol. The molecule has 0 N–H and O–H groups in total. The minimum absolute atomic E-state index is 0.686. The zero-order valence-corrected chi connectivity index (χ0v) is 29.4. The molecule has 0 spiro atoms. The summed E-state index contributed by atoms with van der Waals surface area (Å²) in [5, 5.41) is 7.37. The fraction of sp³-hybridized carbons (Fsp3) is 0. The molecule has 0 aliphatic rings. The van der Waals surface area contributed by atoms with E-state index in [1.165, 1.54) is 49.0 Å². The SMILES string of the molecule is c1ccc(-c2cc(-c3ccc(-c4cccnc4)cc3)nc(-c3cccc(-c4c5ccccc5c(-c5cccc6ccccc56)c5ccccc45)c3)n2)cc1. The van der Waals surface area contributed by atoms with E-state index in [0.29, 0.717) is 5.82 Å². The van der Waals surface area contributed by atoms with Gasteiger partial charge in [0.15, 0.2) is 5.82 Å². The lowest BCUT2D eigenvalue weighted by Crippen LogP contribution is -1.96. The minimum atomic E-state index is 0.686. The van der Waals surface area contributed by atoms with Crippen LogP contribution in [0.5, 0.6) is 0 Å². The van der Waals surface area contributed by atoms with E-state index in [-0.39, 0.29) is 0 Å². The second-order valence-corrected chi connectivity index (χ2v) is 13.6. The molecule has 3 nitrogen and oxygen atoms in total. The second kappa shape index (κ2) is 13.4. The van der Waals surface area contributed by atoms with Crippen molar-refractivity contribution in [1.82, 2.24) is 15.0 Å². The van der Waals surface area contributed by atoms with Gasteiger partial charge >= 0.3 is 0 Å². The van der Waals surface area contributed by atoms with Gasteiger partial charge in [-0.25, -0.2) is 9.97 Å². The number of nitrogens with zero attached hydrogens (tertiary/aromatic N) is 3. The van der Waals surface area contributed by atoms with Crippen LogP contribution in [0.15, 0.2) is 200 Å². The average Bonchev–Trinajstić information content (AvgIpc) is 3.26. The van der Waals surface area contributed by atoms with Crippen LogP contribution in [0.1, 0.15) is 0 Å². The molecule has 3 heteroatoms. The molecule has 0 fully saturated rings. The molecule has 0 unspecified atom stereocenters. The summed E-state index contributed by atoms with van der Waals surface area (Å²) in [5.74, 6) is 0.686. The Morgan fingerprint density at radius 3 is 1.52 bits per heavy atom. The molecular formula is C51H33N3. The number of benzene rings is 8. The lowest BCUT2D eigenvalue weighted by atomic mass is 9.84. The van der Waals surface area contributed by atoms with Gasteiger partial charge in [-0.05, 0) is 83.9 Å². The van der Waals surface area contributed by atoms with Crippen LogP contribution in [-0.4, -0.2) is 15.0 Å². The third kappa shape index (κ3) is 5.60. The first-order valence-electron chi connectivity index (χ1n) is 18.3. The van der Waals surface area contributed by atoms with Gasteiger partial charge in [0, 0.05) is 29.1 Å². The number of hydrogen-bond acceptors (Lipinski definition) is 3. The van der Waals surface area contributed by atoms with Crippen molar-refractivity contribution in [2.24, 2.45) is 0 Å². The van der Waals surface area contributed by atoms with Gasteiger partial charge in [0.1, 0.15) is 0 Å². The summed E-state index contributed by atoms with van der Waals surface area (Å²) in [6, 6.07) is 66.7. The monoisotopic (exact) mass is 687 g/mol. The highest BCUT2D eigenvalue weighted by atomic mass is 14.9. The number of hydrogen-bond donors (Lipinski definition) is 0. The molecule has 0 saturated carbocycles. The van der Waals surface area contributed by atoms with Gasteiger partial charge in [-0.2, -0.15) is 0 Å². The van der Waals surface area contributed by atoms with Gasteiger partial charge < -0.3 is 0 Å². The van der Waals surface area contributed by atoms with E-state index in [9.17, 15) is 0 Å². The van der Waals surface area contributed by atoms with Crippen LogP contribution >= 0.6 is 0 Å². The highest BCUT2D eigenvalue weighted by molar-refractivity contribution is 6.23. The molecule has 252 valence electrons. The Morgan fingerprint density at radius 1 is 0.315 bits per heavy atom.